The summed E-state index contributed by atoms with van der Waals surface area (Å²) < 4.78 is 6.65. The van der Waals surface area contributed by atoms with Gasteiger partial charge >= 0.3 is 5.97 Å². The second kappa shape index (κ2) is 7.14. The number of hydrogen-bond donors (Lipinski definition) is 1. The van der Waals surface area contributed by atoms with Gasteiger partial charge in [-0.25, -0.2) is 9.79 Å². The fraction of sp³-hybridized carbons (Fsp3) is 0.150. The van der Waals surface area contributed by atoms with Crippen LogP contribution in [0.3, 0.4) is 0 Å². The van der Waals surface area contributed by atoms with E-state index in [0.29, 0.717) is 5.57 Å². The highest BCUT2D eigenvalue weighted by atomic mass is 79.9. The van der Waals surface area contributed by atoms with E-state index in [1.165, 1.54) is 6.92 Å². The van der Waals surface area contributed by atoms with Gasteiger partial charge in [0.05, 0.1) is 5.41 Å². The Labute approximate surface area is 159 Å². The van der Waals surface area contributed by atoms with Crippen LogP contribution in [-0.4, -0.2) is 23.4 Å². The van der Waals surface area contributed by atoms with Crippen LogP contribution in [0.1, 0.15) is 18.1 Å². The van der Waals surface area contributed by atoms with Gasteiger partial charge in [-0.1, -0.05) is 58.4 Å². The lowest BCUT2D eigenvalue weighted by molar-refractivity contribution is -0.129. The summed E-state index contributed by atoms with van der Waals surface area (Å²) in [5, 5.41) is 19.0. The predicted octanol–water partition coefficient (Wildman–Crippen LogP) is 4.05. The van der Waals surface area contributed by atoms with Gasteiger partial charge in [0.25, 0.3) is 0 Å². The Kier molecular flexibility index (Phi) is 4.92. The van der Waals surface area contributed by atoms with Crippen LogP contribution in [0.5, 0.6) is 0 Å². The number of carboxylic acid groups (broad SMARTS) is 1. The smallest absolute Gasteiger partial charge is 0.350 e. The molecule has 26 heavy (non-hydrogen) atoms. The minimum absolute atomic E-state index is 0.0548. The van der Waals surface area contributed by atoms with Crippen molar-refractivity contribution in [2.45, 2.75) is 12.3 Å². The number of ether oxygens (including phenoxy) is 1. The predicted molar refractivity (Wildman–Crippen MR) is 101 cm³/mol. The standard InChI is InChI=1S/C20H15BrN2O3/c1-13(19(24)25)23-18-17(11-22)20(12-26-18,14-5-3-2-4-6-14)15-7-9-16(21)10-8-15/h2-10H,12H2,1H3,(H,24,25). The number of aliphatic imine (C=N–C) groups is 1. The van der Waals surface area contributed by atoms with Crippen molar-refractivity contribution >= 4 is 27.6 Å². The number of carboxylic acids is 1. The Hall–Kier alpha value is -2.91. The molecular weight excluding hydrogens is 396 g/mol. The number of nitriles is 1. The lowest BCUT2D eigenvalue weighted by Crippen LogP contribution is -2.31. The molecule has 0 amide bonds. The molecule has 0 spiro atoms. The maximum Gasteiger partial charge on any atom is 0.350 e. The molecule has 0 saturated heterocycles. The summed E-state index contributed by atoms with van der Waals surface area (Å²) in [5.74, 6) is -1.10. The Balaban J connectivity index is 2.27. The van der Waals surface area contributed by atoms with E-state index in [1.54, 1.807) is 0 Å². The third-order valence-electron chi connectivity index (χ3n) is 4.36. The summed E-state index contributed by atoms with van der Waals surface area (Å²) >= 11 is 3.43. The van der Waals surface area contributed by atoms with Crippen molar-refractivity contribution in [2.75, 3.05) is 6.61 Å². The first-order chi connectivity index (χ1) is 12.5. The van der Waals surface area contributed by atoms with E-state index in [1.807, 2.05) is 54.6 Å². The third-order valence-corrected chi connectivity index (χ3v) is 4.89. The molecular formula is C20H15BrN2O3. The number of halogens is 1. The molecule has 2 aromatic carbocycles. The monoisotopic (exact) mass is 410 g/mol. The number of carbonyl (C=O) groups is 1. The maximum atomic E-state index is 11.1. The van der Waals surface area contributed by atoms with Gasteiger partial charge in [0, 0.05) is 4.47 Å². The van der Waals surface area contributed by atoms with E-state index >= 15 is 0 Å². The number of hydrogen-bond acceptors (Lipinski definition) is 4. The highest BCUT2D eigenvalue weighted by Crippen LogP contribution is 2.45. The largest absolute Gasteiger partial charge is 0.477 e. The molecule has 0 bridgehead atoms. The second-order valence-electron chi connectivity index (χ2n) is 5.86. The topological polar surface area (TPSA) is 82.7 Å². The van der Waals surface area contributed by atoms with Crippen molar-refractivity contribution in [3.63, 3.8) is 0 Å². The van der Waals surface area contributed by atoms with Gasteiger partial charge in [-0.05, 0) is 30.2 Å². The van der Waals surface area contributed by atoms with Gasteiger partial charge in [-0.2, -0.15) is 5.26 Å². The zero-order valence-corrected chi connectivity index (χ0v) is 15.5. The average molecular weight is 411 g/mol. The molecule has 0 radical (unpaired) electrons. The molecule has 1 heterocycles. The van der Waals surface area contributed by atoms with Crippen LogP contribution >= 0.6 is 15.9 Å². The molecule has 5 nitrogen and oxygen atoms in total. The number of rotatable bonds is 4. The quantitative estimate of drug-likeness (QED) is 0.770. The van der Waals surface area contributed by atoms with Crippen molar-refractivity contribution < 1.29 is 14.6 Å². The zero-order valence-electron chi connectivity index (χ0n) is 13.9. The summed E-state index contributed by atoms with van der Waals surface area (Å²) in [4.78, 5) is 15.2. The second-order valence-corrected chi connectivity index (χ2v) is 6.78. The van der Waals surface area contributed by atoms with Crippen LogP contribution < -0.4 is 0 Å². The van der Waals surface area contributed by atoms with Gasteiger partial charge in [0.2, 0.25) is 5.88 Å². The highest BCUT2D eigenvalue weighted by Gasteiger charge is 2.46. The van der Waals surface area contributed by atoms with E-state index in [9.17, 15) is 10.1 Å². The molecule has 0 fully saturated rings. The fourth-order valence-corrected chi connectivity index (χ4v) is 3.28. The van der Waals surface area contributed by atoms with E-state index in [4.69, 9.17) is 9.84 Å². The molecule has 1 atom stereocenters. The Morgan fingerprint density at radius 3 is 2.38 bits per heavy atom. The van der Waals surface area contributed by atoms with Gasteiger partial charge in [0.1, 0.15) is 24.0 Å². The molecule has 1 aliphatic heterocycles. The minimum atomic E-state index is -1.15. The maximum absolute atomic E-state index is 11.1. The molecule has 6 heteroatoms. The minimum Gasteiger partial charge on any atom is -0.477 e. The van der Waals surface area contributed by atoms with Gasteiger partial charge in [0.15, 0.2) is 0 Å². The van der Waals surface area contributed by atoms with Crippen LogP contribution in [-0.2, 0) is 14.9 Å². The summed E-state index contributed by atoms with van der Waals surface area (Å²) in [6.07, 6.45) is 0. The summed E-state index contributed by atoms with van der Waals surface area (Å²) in [6, 6.07) is 19.4. The number of aliphatic carboxylic acids is 1. The molecule has 130 valence electrons. The van der Waals surface area contributed by atoms with Crippen LogP contribution in [0.4, 0.5) is 0 Å². The molecule has 2 aromatic rings. The Morgan fingerprint density at radius 2 is 1.81 bits per heavy atom. The Morgan fingerprint density at radius 1 is 1.19 bits per heavy atom. The number of benzene rings is 2. The summed E-state index contributed by atoms with van der Waals surface area (Å²) in [7, 11) is 0. The molecule has 1 aliphatic rings. The van der Waals surface area contributed by atoms with Gasteiger partial charge in [-0.3, -0.25) is 0 Å². The molecule has 0 aliphatic carbocycles. The molecule has 1 N–H and O–H groups in total. The SMILES string of the molecule is CC(=NC1=C(C#N)C(c2ccccc2)(c2ccc(Br)cc2)CO1)C(=O)O. The average Bonchev–Trinajstić information content (AvgIpc) is 3.02. The first kappa shape index (κ1) is 17.9. The van der Waals surface area contributed by atoms with E-state index in [-0.39, 0.29) is 18.2 Å². The zero-order chi connectivity index (χ0) is 18.7. The van der Waals surface area contributed by atoms with Crippen LogP contribution in [0.25, 0.3) is 0 Å². The van der Waals surface area contributed by atoms with E-state index in [2.05, 4.69) is 27.0 Å². The summed E-state index contributed by atoms with van der Waals surface area (Å²) in [6.45, 7) is 1.54. The molecule has 1 unspecified atom stereocenters. The molecule has 3 rings (SSSR count). The summed E-state index contributed by atoms with van der Waals surface area (Å²) in [5.41, 5.74) is 1.09. The first-order valence-corrected chi connectivity index (χ1v) is 8.66. The van der Waals surface area contributed by atoms with Crippen molar-refractivity contribution in [3.05, 3.63) is 81.7 Å². The van der Waals surface area contributed by atoms with Gasteiger partial charge in [-0.15, -0.1) is 0 Å². The van der Waals surface area contributed by atoms with Crippen LogP contribution in [0, 0.1) is 11.3 Å². The highest BCUT2D eigenvalue weighted by molar-refractivity contribution is 9.10. The lowest BCUT2D eigenvalue weighted by atomic mass is 9.71. The Bertz CT molecular complexity index is 943. The van der Waals surface area contributed by atoms with E-state index < -0.39 is 11.4 Å². The lowest BCUT2D eigenvalue weighted by Gasteiger charge is -2.28. The van der Waals surface area contributed by atoms with Crippen LogP contribution in [0.2, 0.25) is 0 Å². The van der Waals surface area contributed by atoms with Gasteiger partial charge < -0.3 is 9.84 Å². The first-order valence-electron chi connectivity index (χ1n) is 7.87. The van der Waals surface area contributed by atoms with Crippen molar-refractivity contribution in [1.29, 1.82) is 5.26 Å². The molecule has 0 aromatic heterocycles. The number of nitrogens with zero attached hydrogens (tertiary/aromatic N) is 2. The third kappa shape index (κ3) is 3.02. The van der Waals surface area contributed by atoms with Crippen molar-refractivity contribution in [1.82, 2.24) is 0 Å². The fourth-order valence-electron chi connectivity index (χ4n) is 3.01. The van der Waals surface area contributed by atoms with Crippen molar-refractivity contribution in [3.8, 4) is 6.07 Å². The van der Waals surface area contributed by atoms with E-state index in [0.717, 1.165) is 15.6 Å². The van der Waals surface area contributed by atoms with Crippen molar-refractivity contribution in [2.24, 2.45) is 4.99 Å². The molecule has 0 saturated carbocycles. The van der Waals surface area contributed by atoms with Crippen LogP contribution in [0.15, 0.2) is 75.5 Å². The normalized spacial score (nSPS) is 19.8.